The number of nitrogens with one attached hydrogen (secondary N) is 1. The van der Waals surface area contributed by atoms with Crippen molar-refractivity contribution in [1.29, 1.82) is 0 Å². The van der Waals surface area contributed by atoms with Crippen molar-refractivity contribution in [2.24, 2.45) is 0 Å². The van der Waals surface area contributed by atoms with Crippen molar-refractivity contribution >= 4 is 11.7 Å². The van der Waals surface area contributed by atoms with Gasteiger partial charge in [-0.2, -0.15) is 0 Å². The average Bonchev–Trinajstić information content (AvgIpc) is 2.94. The molecular formula is C29H51N5O5. The maximum absolute atomic E-state index is 12.5. The first-order valence-electron chi connectivity index (χ1n) is 15.2. The highest BCUT2D eigenvalue weighted by molar-refractivity contribution is 5.87. The highest BCUT2D eigenvalue weighted by Crippen LogP contribution is 2.16. The Morgan fingerprint density at radius 3 is 1.87 bits per heavy atom. The number of pyridine rings is 1. The number of anilines is 1. The van der Waals surface area contributed by atoms with E-state index in [-0.39, 0.29) is 11.7 Å². The Kier molecular flexibility index (Phi) is 16.6. The number of rotatable bonds is 21. The molecule has 0 saturated carbocycles. The number of nitrogens with zero attached hydrogens (tertiary/aromatic N) is 4. The third-order valence-corrected chi connectivity index (χ3v) is 7.63. The van der Waals surface area contributed by atoms with Crippen LogP contribution in [0.4, 0.5) is 5.82 Å². The van der Waals surface area contributed by atoms with E-state index >= 15 is 0 Å². The van der Waals surface area contributed by atoms with Gasteiger partial charge in [0.15, 0.2) is 0 Å². The molecule has 1 saturated heterocycles. The fourth-order valence-electron chi connectivity index (χ4n) is 5.10. The standard InChI is InChI=1S/C29H51N5O5/c1-26(2)31-20-22-32(23-21-31)28-18-17-27(25-30-28)29(35)33(36)19-15-13-11-9-7-5-3-4-6-8-10-12-14-16-24-39-34(37)38/h17-18,25-26,33H,3-16,19-24H2,1-2H3. The van der Waals surface area contributed by atoms with Gasteiger partial charge in [-0.25, -0.2) is 9.78 Å². The minimum absolute atomic E-state index is 0.213. The van der Waals surface area contributed by atoms with E-state index in [4.69, 9.17) is 0 Å². The quantitative estimate of drug-likeness (QED) is 0.132. The number of carbonyl (C=O) groups is 1. The number of hydrogen-bond donors (Lipinski definition) is 1. The minimum Gasteiger partial charge on any atom is -0.626 e. The maximum atomic E-state index is 12.5. The van der Waals surface area contributed by atoms with Crippen LogP contribution in [0.2, 0.25) is 0 Å². The summed E-state index contributed by atoms with van der Waals surface area (Å²) in [6.45, 7) is 8.83. The zero-order valence-electron chi connectivity index (χ0n) is 24.3. The van der Waals surface area contributed by atoms with Crippen LogP contribution >= 0.6 is 0 Å². The monoisotopic (exact) mass is 549 g/mol. The number of hydroxylamine groups is 2. The summed E-state index contributed by atoms with van der Waals surface area (Å²) >= 11 is 0. The highest BCUT2D eigenvalue weighted by atomic mass is 16.9. The minimum atomic E-state index is -0.724. The van der Waals surface area contributed by atoms with Crippen LogP contribution in [0.3, 0.4) is 0 Å². The van der Waals surface area contributed by atoms with Crippen LogP contribution in [0.15, 0.2) is 18.3 Å². The molecule has 10 heteroatoms. The third kappa shape index (κ3) is 14.1. The Morgan fingerprint density at radius 1 is 0.897 bits per heavy atom. The molecule has 1 unspecified atom stereocenters. The van der Waals surface area contributed by atoms with Gasteiger partial charge in [0, 0.05) is 38.4 Å². The Morgan fingerprint density at radius 2 is 1.41 bits per heavy atom. The topological polar surface area (TPSA) is 116 Å². The summed E-state index contributed by atoms with van der Waals surface area (Å²) in [6, 6.07) is 4.16. The molecule has 0 spiro atoms. The fourth-order valence-corrected chi connectivity index (χ4v) is 5.10. The molecule has 0 aromatic carbocycles. The van der Waals surface area contributed by atoms with Crippen LogP contribution in [-0.2, 0) is 4.84 Å². The van der Waals surface area contributed by atoms with Crippen LogP contribution < -0.4 is 9.96 Å². The third-order valence-electron chi connectivity index (χ3n) is 7.63. The van der Waals surface area contributed by atoms with Gasteiger partial charge in [-0.15, -0.1) is 10.1 Å². The van der Waals surface area contributed by atoms with Crippen LogP contribution in [-0.4, -0.2) is 66.3 Å². The number of hydrogen-bond acceptors (Lipinski definition) is 8. The molecular weight excluding hydrogens is 498 g/mol. The lowest BCUT2D eigenvalue weighted by Crippen LogP contribution is -3.10. The predicted molar refractivity (Wildman–Crippen MR) is 154 cm³/mol. The van der Waals surface area contributed by atoms with E-state index in [0.29, 0.717) is 18.2 Å². The summed E-state index contributed by atoms with van der Waals surface area (Å²) in [6.07, 6.45) is 17.2. The van der Waals surface area contributed by atoms with Crippen LogP contribution in [0.5, 0.6) is 0 Å². The number of amides is 1. The Labute approximate surface area is 234 Å². The first-order chi connectivity index (χ1) is 18.9. The summed E-state index contributed by atoms with van der Waals surface area (Å²) in [5, 5.41) is 21.4. The number of carbonyl (C=O) groups excluding carboxylic acids is 1. The molecule has 2 heterocycles. The molecule has 39 heavy (non-hydrogen) atoms. The maximum Gasteiger partial charge on any atom is 0.345 e. The number of piperazine rings is 1. The van der Waals surface area contributed by atoms with Gasteiger partial charge in [0.25, 0.3) is 5.09 Å². The van der Waals surface area contributed by atoms with Crippen molar-refractivity contribution in [1.82, 2.24) is 9.88 Å². The Bertz CT molecular complexity index is 800. The summed E-state index contributed by atoms with van der Waals surface area (Å²) in [5.41, 5.74) is 0.395. The molecule has 1 aromatic rings. The molecule has 1 atom stereocenters. The van der Waals surface area contributed by atoms with Gasteiger partial charge in [-0.05, 0) is 45.2 Å². The van der Waals surface area contributed by atoms with Gasteiger partial charge < -0.3 is 20.0 Å². The van der Waals surface area contributed by atoms with E-state index in [0.717, 1.165) is 70.5 Å². The van der Waals surface area contributed by atoms with Gasteiger partial charge in [0.1, 0.15) is 5.82 Å². The summed E-state index contributed by atoms with van der Waals surface area (Å²) in [5.74, 6) is 0.459. The summed E-state index contributed by atoms with van der Waals surface area (Å²) in [7, 11) is 0. The second-order valence-electron chi connectivity index (χ2n) is 11.0. The van der Waals surface area contributed by atoms with Crippen molar-refractivity contribution in [3.8, 4) is 0 Å². The van der Waals surface area contributed by atoms with Crippen molar-refractivity contribution in [2.75, 3.05) is 44.2 Å². The van der Waals surface area contributed by atoms with Crippen molar-refractivity contribution < 1.29 is 19.8 Å². The normalized spacial score (nSPS) is 15.0. The lowest BCUT2D eigenvalue weighted by atomic mass is 10.0. The molecule has 0 bridgehead atoms. The van der Waals surface area contributed by atoms with Gasteiger partial charge in [0.2, 0.25) is 0 Å². The van der Waals surface area contributed by atoms with Crippen molar-refractivity contribution in [3.05, 3.63) is 39.2 Å². The molecule has 1 N–H and O–H groups in total. The van der Waals surface area contributed by atoms with Crippen LogP contribution in [0.25, 0.3) is 0 Å². The lowest BCUT2D eigenvalue weighted by molar-refractivity contribution is -0.757. The number of quaternary nitrogens is 1. The average molecular weight is 550 g/mol. The molecule has 0 radical (unpaired) electrons. The summed E-state index contributed by atoms with van der Waals surface area (Å²) in [4.78, 5) is 36.0. The molecule has 0 aliphatic carbocycles. The molecule has 1 aliphatic rings. The van der Waals surface area contributed by atoms with Crippen molar-refractivity contribution in [2.45, 2.75) is 110 Å². The number of aromatic nitrogens is 1. The fraction of sp³-hybridized carbons (Fsp3) is 0.793. The zero-order valence-corrected chi connectivity index (χ0v) is 24.3. The lowest BCUT2D eigenvalue weighted by Gasteiger charge is -2.37. The molecule has 2 rings (SSSR count). The predicted octanol–water partition coefficient (Wildman–Crippen LogP) is 4.80. The van der Waals surface area contributed by atoms with Gasteiger partial charge in [0.05, 0.1) is 18.7 Å². The smallest absolute Gasteiger partial charge is 0.345 e. The van der Waals surface area contributed by atoms with Crippen LogP contribution in [0.1, 0.15) is 114 Å². The molecule has 1 aliphatic heterocycles. The largest absolute Gasteiger partial charge is 0.626 e. The second kappa shape index (κ2) is 19.7. The van der Waals surface area contributed by atoms with E-state index in [9.17, 15) is 20.1 Å². The first kappa shape index (κ1) is 32.9. The van der Waals surface area contributed by atoms with Gasteiger partial charge >= 0.3 is 5.91 Å². The molecule has 1 aromatic heterocycles. The highest BCUT2D eigenvalue weighted by Gasteiger charge is 2.21. The zero-order chi connectivity index (χ0) is 28.3. The van der Waals surface area contributed by atoms with E-state index in [1.54, 1.807) is 12.3 Å². The van der Waals surface area contributed by atoms with E-state index in [1.165, 1.54) is 51.4 Å². The molecule has 10 nitrogen and oxygen atoms in total. The second-order valence-corrected chi connectivity index (χ2v) is 11.0. The summed E-state index contributed by atoms with van der Waals surface area (Å²) < 4.78 is 0. The van der Waals surface area contributed by atoms with E-state index < -0.39 is 11.0 Å². The molecule has 1 fully saturated rings. The van der Waals surface area contributed by atoms with Crippen molar-refractivity contribution in [3.63, 3.8) is 0 Å². The molecule has 1 amide bonds. The van der Waals surface area contributed by atoms with Crippen LogP contribution in [0, 0.1) is 15.3 Å². The van der Waals surface area contributed by atoms with E-state index in [2.05, 4.69) is 33.5 Å². The Balaban J connectivity index is 1.43. The van der Waals surface area contributed by atoms with E-state index in [1.807, 2.05) is 6.07 Å². The molecule has 222 valence electrons. The number of unbranched alkanes of at least 4 members (excludes halogenated alkanes) is 13. The van der Waals surface area contributed by atoms with Gasteiger partial charge in [-0.3, -0.25) is 4.90 Å². The Hall–Kier alpha value is -2.30. The SMILES string of the molecule is CC(C)N1CCN(c2ccc(C(=O)[NH+]([O-])CCCCCCCCCCCCCCCCO[N+](=O)[O-])cn2)CC1. The first-order valence-corrected chi connectivity index (χ1v) is 15.2. The van der Waals surface area contributed by atoms with Gasteiger partial charge in [-0.1, -0.05) is 70.6 Å².